The third-order valence-electron chi connectivity index (χ3n) is 2.53. The minimum atomic E-state index is -4.48. The third-order valence-corrected chi connectivity index (χ3v) is 2.73. The van der Waals surface area contributed by atoms with Crippen LogP contribution in [0.4, 0.5) is 13.2 Å². The molecule has 2 aromatic rings. The number of pyridine rings is 1. The fourth-order valence-corrected chi connectivity index (χ4v) is 1.82. The highest BCUT2D eigenvalue weighted by atomic mass is 35.5. The fraction of sp³-hybridized carbons (Fsp3) is 0.0769. The zero-order valence-corrected chi connectivity index (χ0v) is 10.2. The van der Waals surface area contributed by atoms with Crippen molar-refractivity contribution in [2.75, 3.05) is 0 Å². The lowest BCUT2D eigenvalue weighted by Crippen LogP contribution is -2.06. The first-order chi connectivity index (χ1) is 8.89. The van der Waals surface area contributed by atoms with Crippen LogP contribution in [0.2, 0.25) is 0 Å². The van der Waals surface area contributed by atoms with E-state index in [-0.39, 0.29) is 11.1 Å². The molecule has 0 aliphatic carbocycles. The van der Waals surface area contributed by atoms with Gasteiger partial charge in [0.15, 0.2) is 0 Å². The van der Waals surface area contributed by atoms with E-state index in [1.54, 1.807) is 12.1 Å². The van der Waals surface area contributed by atoms with Crippen LogP contribution in [0.25, 0.3) is 11.1 Å². The van der Waals surface area contributed by atoms with E-state index < -0.39 is 17.0 Å². The van der Waals surface area contributed by atoms with Crippen LogP contribution in [0.15, 0.2) is 42.7 Å². The average Bonchev–Trinajstić information content (AvgIpc) is 2.38. The second kappa shape index (κ2) is 5.01. The summed E-state index contributed by atoms with van der Waals surface area (Å²) in [6.07, 6.45) is -1.62. The molecule has 0 bridgehead atoms. The average molecular weight is 286 g/mol. The Kier molecular flexibility index (Phi) is 3.57. The van der Waals surface area contributed by atoms with Gasteiger partial charge in [-0.15, -0.1) is 0 Å². The predicted octanol–water partition coefficient (Wildman–Crippen LogP) is 4.15. The van der Waals surface area contributed by atoms with Crippen molar-refractivity contribution in [2.24, 2.45) is 0 Å². The van der Waals surface area contributed by atoms with Gasteiger partial charge in [0.25, 0.3) is 5.24 Å². The molecule has 0 radical (unpaired) electrons. The van der Waals surface area contributed by atoms with Crippen molar-refractivity contribution in [1.82, 2.24) is 4.98 Å². The molecule has 6 heteroatoms. The quantitative estimate of drug-likeness (QED) is 0.776. The summed E-state index contributed by atoms with van der Waals surface area (Å²) >= 11 is 5.38. The van der Waals surface area contributed by atoms with Gasteiger partial charge in [0.05, 0.1) is 5.56 Å². The molecule has 0 spiro atoms. The molecular weight excluding hydrogens is 279 g/mol. The van der Waals surface area contributed by atoms with Gasteiger partial charge in [0.2, 0.25) is 0 Å². The summed E-state index contributed by atoms with van der Waals surface area (Å²) in [5.41, 5.74) is -0.309. The van der Waals surface area contributed by atoms with Gasteiger partial charge in [0, 0.05) is 23.5 Å². The molecule has 0 aliphatic heterocycles. The minimum Gasteiger partial charge on any atom is -0.276 e. The number of hydrogen-bond acceptors (Lipinski definition) is 2. The van der Waals surface area contributed by atoms with Gasteiger partial charge in [0.1, 0.15) is 0 Å². The van der Waals surface area contributed by atoms with Crippen LogP contribution in [0.3, 0.4) is 0 Å². The maximum absolute atomic E-state index is 12.7. The van der Waals surface area contributed by atoms with Gasteiger partial charge in [-0.3, -0.25) is 9.78 Å². The summed E-state index contributed by atoms with van der Waals surface area (Å²) in [5.74, 6) is 0. The maximum atomic E-state index is 12.7. The van der Waals surface area contributed by atoms with E-state index in [2.05, 4.69) is 4.98 Å². The number of carbonyl (C=O) groups is 1. The number of rotatable bonds is 2. The molecule has 0 aliphatic rings. The van der Waals surface area contributed by atoms with Crippen molar-refractivity contribution in [3.8, 4) is 11.1 Å². The van der Waals surface area contributed by atoms with Crippen LogP contribution < -0.4 is 0 Å². The maximum Gasteiger partial charge on any atom is 0.416 e. The standard InChI is InChI=1S/C13H7ClF3NO/c14-12(19)10-4-3-9(13(15,16)17)6-11(10)8-2-1-5-18-7-8/h1-7H. The zero-order chi connectivity index (χ0) is 14.0. The number of halogens is 4. The molecule has 1 heterocycles. The number of nitrogens with zero attached hydrogens (tertiary/aromatic N) is 1. The van der Waals surface area contributed by atoms with Crippen LogP contribution in [-0.2, 0) is 6.18 Å². The van der Waals surface area contributed by atoms with E-state index >= 15 is 0 Å². The van der Waals surface area contributed by atoms with E-state index in [0.29, 0.717) is 5.56 Å². The van der Waals surface area contributed by atoms with Gasteiger partial charge >= 0.3 is 6.18 Å². The summed E-state index contributed by atoms with van der Waals surface area (Å²) in [6, 6.07) is 5.92. The number of benzene rings is 1. The largest absolute Gasteiger partial charge is 0.416 e. The highest BCUT2D eigenvalue weighted by Crippen LogP contribution is 2.34. The molecule has 2 rings (SSSR count). The number of hydrogen-bond donors (Lipinski definition) is 0. The van der Waals surface area contributed by atoms with E-state index in [0.717, 1.165) is 18.2 Å². The van der Waals surface area contributed by atoms with Gasteiger partial charge in [-0.1, -0.05) is 6.07 Å². The van der Waals surface area contributed by atoms with Gasteiger partial charge < -0.3 is 0 Å². The van der Waals surface area contributed by atoms with E-state index in [9.17, 15) is 18.0 Å². The summed E-state index contributed by atoms with van der Waals surface area (Å²) in [7, 11) is 0. The molecule has 0 unspecified atom stereocenters. The van der Waals surface area contributed by atoms with Crippen molar-refractivity contribution in [2.45, 2.75) is 6.18 Å². The Bertz CT molecular complexity index is 611. The van der Waals surface area contributed by atoms with Crippen molar-refractivity contribution in [1.29, 1.82) is 0 Å². The fourth-order valence-electron chi connectivity index (χ4n) is 1.65. The molecule has 0 fully saturated rings. The first-order valence-corrected chi connectivity index (χ1v) is 5.59. The number of alkyl halides is 3. The SMILES string of the molecule is O=C(Cl)c1ccc(C(F)(F)F)cc1-c1cccnc1. The zero-order valence-electron chi connectivity index (χ0n) is 9.41. The molecule has 0 saturated heterocycles. The van der Waals surface area contributed by atoms with Crippen LogP contribution in [0.5, 0.6) is 0 Å². The lowest BCUT2D eigenvalue weighted by Gasteiger charge is -2.11. The van der Waals surface area contributed by atoms with Crippen molar-refractivity contribution >= 4 is 16.8 Å². The second-order valence-corrected chi connectivity index (χ2v) is 4.12. The summed E-state index contributed by atoms with van der Waals surface area (Å²) in [6.45, 7) is 0. The van der Waals surface area contributed by atoms with Gasteiger partial charge in [-0.25, -0.2) is 0 Å². The van der Waals surface area contributed by atoms with Crippen LogP contribution >= 0.6 is 11.6 Å². The lowest BCUT2D eigenvalue weighted by molar-refractivity contribution is -0.137. The topological polar surface area (TPSA) is 30.0 Å². The Balaban J connectivity index is 2.65. The Hall–Kier alpha value is -1.88. The molecule has 0 atom stereocenters. The number of aromatic nitrogens is 1. The van der Waals surface area contributed by atoms with E-state index in [4.69, 9.17) is 11.6 Å². The van der Waals surface area contributed by atoms with Crippen molar-refractivity contribution in [3.05, 3.63) is 53.9 Å². The molecule has 98 valence electrons. The van der Waals surface area contributed by atoms with Crippen LogP contribution in [0.1, 0.15) is 15.9 Å². The smallest absolute Gasteiger partial charge is 0.276 e. The Labute approximate surface area is 111 Å². The summed E-state index contributed by atoms with van der Waals surface area (Å²) in [4.78, 5) is 15.1. The van der Waals surface area contributed by atoms with Crippen molar-refractivity contribution < 1.29 is 18.0 Å². The third kappa shape index (κ3) is 2.93. The van der Waals surface area contributed by atoms with Crippen LogP contribution in [-0.4, -0.2) is 10.2 Å². The van der Waals surface area contributed by atoms with Gasteiger partial charge in [-0.2, -0.15) is 13.2 Å². The highest BCUT2D eigenvalue weighted by Gasteiger charge is 2.31. The molecule has 0 N–H and O–H groups in total. The molecule has 1 aromatic heterocycles. The number of carbonyl (C=O) groups excluding carboxylic acids is 1. The van der Waals surface area contributed by atoms with E-state index in [1.165, 1.54) is 12.4 Å². The lowest BCUT2D eigenvalue weighted by atomic mass is 9.99. The first kappa shape index (κ1) is 13.5. The predicted molar refractivity (Wildman–Crippen MR) is 64.9 cm³/mol. The Morgan fingerprint density at radius 1 is 1.21 bits per heavy atom. The monoisotopic (exact) mass is 285 g/mol. The van der Waals surface area contributed by atoms with E-state index in [1.807, 2.05) is 0 Å². The van der Waals surface area contributed by atoms with Crippen LogP contribution in [0, 0.1) is 0 Å². The molecule has 0 amide bonds. The molecule has 2 nitrogen and oxygen atoms in total. The highest BCUT2D eigenvalue weighted by molar-refractivity contribution is 6.68. The first-order valence-electron chi connectivity index (χ1n) is 5.21. The molecule has 19 heavy (non-hydrogen) atoms. The Morgan fingerprint density at radius 2 is 1.95 bits per heavy atom. The summed E-state index contributed by atoms with van der Waals surface area (Å²) < 4.78 is 38.0. The molecular formula is C13H7ClF3NO. The molecule has 1 aromatic carbocycles. The Morgan fingerprint density at radius 3 is 2.47 bits per heavy atom. The normalized spacial score (nSPS) is 11.4. The summed E-state index contributed by atoms with van der Waals surface area (Å²) in [5, 5.41) is -0.812. The van der Waals surface area contributed by atoms with Crippen molar-refractivity contribution in [3.63, 3.8) is 0 Å². The van der Waals surface area contributed by atoms with Gasteiger partial charge in [-0.05, 0) is 41.4 Å². The minimum absolute atomic E-state index is 0.0164. The molecule has 0 saturated carbocycles. The second-order valence-electron chi connectivity index (χ2n) is 3.77.